The van der Waals surface area contributed by atoms with Gasteiger partial charge in [-0.2, -0.15) is 0 Å². The van der Waals surface area contributed by atoms with E-state index in [-0.39, 0.29) is 11.5 Å². The van der Waals surface area contributed by atoms with Gasteiger partial charge in [-0.25, -0.2) is 4.98 Å². The first kappa shape index (κ1) is 13.8. The Balaban J connectivity index is 1.67. The first-order valence-corrected chi connectivity index (χ1v) is 7.56. The molecule has 0 atom stereocenters. The summed E-state index contributed by atoms with van der Waals surface area (Å²) in [7, 11) is 0. The lowest BCUT2D eigenvalue weighted by atomic mass is 10.0. The van der Waals surface area contributed by atoms with Gasteiger partial charge in [0.15, 0.2) is 0 Å². The second-order valence-corrected chi connectivity index (χ2v) is 5.88. The van der Waals surface area contributed by atoms with Gasteiger partial charge in [-0.3, -0.25) is 9.59 Å². The molecule has 0 aromatic carbocycles. The third-order valence-corrected chi connectivity index (χ3v) is 4.43. The van der Waals surface area contributed by atoms with E-state index in [1.54, 1.807) is 17.3 Å². The van der Waals surface area contributed by atoms with Crippen LogP contribution in [-0.4, -0.2) is 32.3 Å². The molecule has 6 heteroatoms. The van der Waals surface area contributed by atoms with Crippen molar-refractivity contribution in [1.29, 1.82) is 0 Å². The van der Waals surface area contributed by atoms with Gasteiger partial charge in [0.25, 0.3) is 11.5 Å². The number of hydrogen-bond acceptors (Lipinski definition) is 3. The number of nitrogens with zero attached hydrogens (tertiary/aromatic N) is 2. The second kappa shape index (κ2) is 5.08. The Kier molecular flexibility index (Phi) is 3.04. The van der Waals surface area contributed by atoms with E-state index in [9.17, 15) is 9.59 Å². The number of aromatic amines is 2. The van der Waals surface area contributed by atoms with Crippen molar-refractivity contribution in [3.8, 4) is 0 Å². The van der Waals surface area contributed by atoms with E-state index in [2.05, 4.69) is 15.0 Å². The number of rotatable bonds is 1. The van der Waals surface area contributed by atoms with Crippen LogP contribution in [0, 0.1) is 6.92 Å². The average Bonchev–Trinajstić information content (AvgIpc) is 2.95. The van der Waals surface area contributed by atoms with E-state index in [4.69, 9.17) is 0 Å². The molecule has 0 unspecified atom stereocenters. The zero-order chi connectivity index (χ0) is 16.0. The molecule has 116 valence electrons. The zero-order valence-corrected chi connectivity index (χ0v) is 12.7. The smallest absolute Gasteiger partial charge is 0.255 e. The largest absolute Gasteiger partial charge is 0.346 e. The molecule has 23 heavy (non-hydrogen) atoms. The molecule has 3 aromatic heterocycles. The first-order valence-electron chi connectivity index (χ1n) is 7.56. The minimum atomic E-state index is -0.116. The molecule has 0 saturated carbocycles. The van der Waals surface area contributed by atoms with Gasteiger partial charge >= 0.3 is 0 Å². The van der Waals surface area contributed by atoms with Crippen molar-refractivity contribution in [2.75, 3.05) is 6.54 Å². The fraction of sp³-hybridized carbons (Fsp3) is 0.235. The quantitative estimate of drug-likeness (QED) is 0.718. The van der Waals surface area contributed by atoms with E-state index in [1.807, 2.05) is 25.3 Å². The molecule has 0 radical (unpaired) electrons. The standard InChI is InChI=1S/C17H16N4O2/c1-10-7-19-15-13(10)6-12(8-20-15)17(23)21-5-3-11-2-4-18-16(22)14(11)9-21/h2,4,6-8H,3,5,9H2,1H3,(H,18,22)(H,19,20). The van der Waals surface area contributed by atoms with Crippen molar-refractivity contribution in [1.82, 2.24) is 19.9 Å². The molecule has 0 spiro atoms. The van der Waals surface area contributed by atoms with Crippen LogP contribution >= 0.6 is 0 Å². The molecule has 4 heterocycles. The second-order valence-electron chi connectivity index (χ2n) is 5.88. The Labute approximate surface area is 132 Å². The van der Waals surface area contributed by atoms with Gasteiger partial charge < -0.3 is 14.9 Å². The number of nitrogens with one attached hydrogen (secondary N) is 2. The number of amides is 1. The van der Waals surface area contributed by atoms with Crippen LogP contribution in [0.3, 0.4) is 0 Å². The van der Waals surface area contributed by atoms with Crippen LogP contribution in [-0.2, 0) is 13.0 Å². The molecule has 0 saturated heterocycles. The Morgan fingerprint density at radius 3 is 3.09 bits per heavy atom. The third-order valence-electron chi connectivity index (χ3n) is 4.43. The van der Waals surface area contributed by atoms with Crippen LogP contribution in [0.4, 0.5) is 0 Å². The number of carbonyl (C=O) groups excluding carboxylic acids is 1. The number of aromatic nitrogens is 3. The fourth-order valence-corrected chi connectivity index (χ4v) is 3.09. The number of aryl methyl sites for hydroxylation is 1. The average molecular weight is 308 g/mol. The van der Waals surface area contributed by atoms with Crippen LogP contribution in [0.2, 0.25) is 0 Å². The normalized spacial score (nSPS) is 14.0. The molecule has 2 N–H and O–H groups in total. The Morgan fingerprint density at radius 1 is 1.35 bits per heavy atom. The Bertz CT molecular complexity index is 970. The van der Waals surface area contributed by atoms with Gasteiger partial charge in [0.1, 0.15) is 5.65 Å². The summed E-state index contributed by atoms with van der Waals surface area (Å²) < 4.78 is 0. The van der Waals surface area contributed by atoms with Crippen LogP contribution in [0.1, 0.15) is 27.0 Å². The van der Waals surface area contributed by atoms with Crippen LogP contribution in [0.5, 0.6) is 0 Å². The zero-order valence-electron chi connectivity index (χ0n) is 12.7. The lowest BCUT2D eigenvalue weighted by molar-refractivity contribution is 0.0733. The van der Waals surface area contributed by atoms with Crippen LogP contribution < -0.4 is 5.56 Å². The van der Waals surface area contributed by atoms with Gasteiger partial charge in [-0.1, -0.05) is 0 Å². The Morgan fingerprint density at radius 2 is 2.22 bits per heavy atom. The molecular formula is C17H16N4O2. The van der Waals surface area contributed by atoms with Crippen molar-refractivity contribution in [2.45, 2.75) is 19.9 Å². The first-order chi connectivity index (χ1) is 11.1. The van der Waals surface area contributed by atoms with Crippen molar-refractivity contribution in [3.05, 3.63) is 63.3 Å². The summed E-state index contributed by atoms with van der Waals surface area (Å²) in [4.78, 5) is 36.5. The summed E-state index contributed by atoms with van der Waals surface area (Å²) in [6, 6.07) is 3.77. The molecule has 1 amide bonds. The van der Waals surface area contributed by atoms with Crippen molar-refractivity contribution < 1.29 is 4.79 Å². The number of hydrogen-bond donors (Lipinski definition) is 2. The number of pyridine rings is 2. The van der Waals surface area contributed by atoms with E-state index in [0.717, 1.165) is 22.2 Å². The summed E-state index contributed by atoms with van der Waals surface area (Å²) in [6.07, 6.45) is 5.82. The van der Waals surface area contributed by atoms with E-state index >= 15 is 0 Å². The summed E-state index contributed by atoms with van der Waals surface area (Å²) in [5, 5.41) is 0.950. The molecule has 0 aliphatic carbocycles. The highest BCUT2D eigenvalue weighted by Crippen LogP contribution is 2.20. The topological polar surface area (TPSA) is 81.8 Å². The maximum absolute atomic E-state index is 12.8. The summed E-state index contributed by atoms with van der Waals surface area (Å²) >= 11 is 0. The molecule has 0 fully saturated rings. The van der Waals surface area contributed by atoms with E-state index in [1.165, 1.54) is 0 Å². The predicted molar refractivity (Wildman–Crippen MR) is 86.3 cm³/mol. The highest BCUT2D eigenvalue weighted by molar-refractivity contribution is 5.97. The maximum Gasteiger partial charge on any atom is 0.255 e. The fourth-order valence-electron chi connectivity index (χ4n) is 3.09. The third kappa shape index (κ3) is 2.23. The lowest BCUT2D eigenvalue weighted by Gasteiger charge is -2.28. The minimum absolute atomic E-state index is 0.0890. The summed E-state index contributed by atoms with van der Waals surface area (Å²) in [6.45, 7) is 2.93. The SMILES string of the molecule is Cc1c[nH]c2ncc(C(=O)N3CCc4cc[nH]c(=O)c4C3)cc12. The van der Waals surface area contributed by atoms with Crippen LogP contribution in [0.15, 0.2) is 35.5 Å². The van der Waals surface area contributed by atoms with Gasteiger partial charge in [0.05, 0.1) is 12.1 Å². The van der Waals surface area contributed by atoms with Gasteiger partial charge in [-0.05, 0) is 36.6 Å². The summed E-state index contributed by atoms with van der Waals surface area (Å²) in [5.74, 6) is -0.0890. The molecule has 6 nitrogen and oxygen atoms in total. The van der Waals surface area contributed by atoms with Crippen molar-refractivity contribution in [2.24, 2.45) is 0 Å². The summed E-state index contributed by atoms with van der Waals surface area (Å²) in [5.41, 5.74) is 3.97. The number of fused-ring (bicyclic) bond motifs is 2. The monoisotopic (exact) mass is 308 g/mol. The molecule has 1 aliphatic rings. The minimum Gasteiger partial charge on any atom is -0.346 e. The molecule has 3 aromatic rings. The highest BCUT2D eigenvalue weighted by Gasteiger charge is 2.24. The maximum atomic E-state index is 12.8. The lowest BCUT2D eigenvalue weighted by Crippen LogP contribution is -2.38. The van der Waals surface area contributed by atoms with E-state index < -0.39 is 0 Å². The number of H-pyrrole nitrogens is 2. The molecule has 1 aliphatic heterocycles. The van der Waals surface area contributed by atoms with E-state index in [0.29, 0.717) is 30.6 Å². The van der Waals surface area contributed by atoms with Gasteiger partial charge in [-0.15, -0.1) is 0 Å². The van der Waals surface area contributed by atoms with Gasteiger partial charge in [0, 0.05) is 36.1 Å². The number of carbonyl (C=O) groups is 1. The molecular weight excluding hydrogens is 292 g/mol. The van der Waals surface area contributed by atoms with Gasteiger partial charge in [0.2, 0.25) is 0 Å². The van der Waals surface area contributed by atoms with Crippen molar-refractivity contribution >= 4 is 16.9 Å². The Hall–Kier alpha value is -2.89. The molecule has 0 bridgehead atoms. The van der Waals surface area contributed by atoms with Crippen molar-refractivity contribution in [3.63, 3.8) is 0 Å². The predicted octanol–water partition coefficient (Wildman–Crippen LogP) is 1.76. The molecule has 4 rings (SSSR count). The van der Waals surface area contributed by atoms with Crippen LogP contribution in [0.25, 0.3) is 11.0 Å². The highest BCUT2D eigenvalue weighted by atomic mass is 16.2.